The number of hydrogen-bond acceptors (Lipinski definition) is 6. The molecule has 152 valence electrons. The van der Waals surface area contributed by atoms with Gasteiger partial charge in [0.15, 0.2) is 5.13 Å². The summed E-state index contributed by atoms with van der Waals surface area (Å²) >= 11 is 7.01. The summed E-state index contributed by atoms with van der Waals surface area (Å²) in [6.45, 7) is 1.31. The third-order valence-corrected chi connectivity index (χ3v) is 7.52. The van der Waals surface area contributed by atoms with Crippen LogP contribution in [0.2, 0.25) is 5.02 Å². The number of benzene rings is 2. The van der Waals surface area contributed by atoms with Gasteiger partial charge in [-0.05, 0) is 30.3 Å². The second kappa shape index (κ2) is 7.96. The number of amides is 1. The van der Waals surface area contributed by atoms with E-state index in [1.807, 2.05) is 0 Å². The Morgan fingerprint density at radius 3 is 2.72 bits per heavy atom. The SMILES string of the molecule is O=C(Nc1nc2ccc(S(=O)(=O)N3CCOCC3)cc2s1)c1c(F)cccc1Cl. The summed E-state index contributed by atoms with van der Waals surface area (Å²) in [6.07, 6.45) is 0. The van der Waals surface area contributed by atoms with Crippen molar-refractivity contribution in [2.75, 3.05) is 31.6 Å². The fourth-order valence-corrected chi connectivity index (χ4v) is 5.59. The first-order chi connectivity index (χ1) is 13.9. The zero-order chi connectivity index (χ0) is 20.6. The minimum atomic E-state index is -3.64. The molecule has 2 heterocycles. The number of sulfonamides is 1. The fourth-order valence-electron chi connectivity index (χ4n) is 2.93. The maximum atomic E-state index is 13.9. The average molecular weight is 456 g/mol. The minimum absolute atomic E-state index is 0.0116. The van der Waals surface area contributed by atoms with Crippen LogP contribution in [0.1, 0.15) is 10.4 Å². The van der Waals surface area contributed by atoms with Gasteiger partial charge in [0.2, 0.25) is 10.0 Å². The standard InChI is InChI=1S/C18H15ClFN3O4S2/c19-12-2-1-3-13(20)16(12)17(24)22-18-21-14-5-4-11(10-15(14)28-18)29(25,26)23-6-8-27-9-7-23/h1-5,10H,6-9H2,(H,21,22,24). The molecule has 1 saturated heterocycles. The quantitative estimate of drug-likeness (QED) is 0.651. The van der Waals surface area contributed by atoms with Crippen LogP contribution in [-0.2, 0) is 14.8 Å². The topological polar surface area (TPSA) is 88.6 Å². The van der Waals surface area contributed by atoms with E-state index in [2.05, 4.69) is 10.3 Å². The van der Waals surface area contributed by atoms with Crippen molar-refractivity contribution in [3.63, 3.8) is 0 Å². The number of nitrogens with zero attached hydrogens (tertiary/aromatic N) is 2. The molecule has 1 amide bonds. The van der Waals surface area contributed by atoms with Crippen LogP contribution in [0.4, 0.5) is 9.52 Å². The van der Waals surface area contributed by atoms with Crippen LogP contribution in [0.15, 0.2) is 41.3 Å². The highest BCUT2D eigenvalue weighted by Gasteiger charge is 2.27. The second-order valence-electron chi connectivity index (χ2n) is 6.22. The highest BCUT2D eigenvalue weighted by atomic mass is 35.5. The van der Waals surface area contributed by atoms with Crippen molar-refractivity contribution in [1.29, 1.82) is 0 Å². The largest absolute Gasteiger partial charge is 0.379 e. The summed E-state index contributed by atoms with van der Waals surface area (Å²) in [5.41, 5.74) is 0.245. The number of hydrogen-bond donors (Lipinski definition) is 1. The lowest BCUT2D eigenvalue weighted by Crippen LogP contribution is -2.40. The Hall–Kier alpha value is -2.11. The maximum Gasteiger partial charge on any atom is 0.261 e. The van der Waals surface area contributed by atoms with E-state index in [-0.39, 0.29) is 20.6 Å². The maximum absolute atomic E-state index is 13.9. The first kappa shape index (κ1) is 20.2. The van der Waals surface area contributed by atoms with Crippen molar-refractivity contribution in [3.8, 4) is 0 Å². The smallest absolute Gasteiger partial charge is 0.261 e. The summed E-state index contributed by atoms with van der Waals surface area (Å²) in [7, 11) is -3.64. The Kier molecular flexibility index (Phi) is 5.54. The fraction of sp³-hybridized carbons (Fsp3) is 0.222. The molecule has 0 unspecified atom stereocenters. The first-order valence-electron chi connectivity index (χ1n) is 8.60. The number of fused-ring (bicyclic) bond motifs is 1. The van der Waals surface area contributed by atoms with Crippen LogP contribution in [0.5, 0.6) is 0 Å². The van der Waals surface area contributed by atoms with E-state index in [0.717, 1.165) is 17.4 Å². The highest BCUT2D eigenvalue weighted by molar-refractivity contribution is 7.89. The number of carbonyl (C=O) groups excluding carboxylic acids is 1. The van der Waals surface area contributed by atoms with E-state index in [9.17, 15) is 17.6 Å². The van der Waals surface area contributed by atoms with Crippen LogP contribution >= 0.6 is 22.9 Å². The molecule has 1 aromatic heterocycles. The second-order valence-corrected chi connectivity index (χ2v) is 9.59. The first-order valence-corrected chi connectivity index (χ1v) is 11.2. The minimum Gasteiger partial charge on any atom is -0.379 e. The van der Waals surface area contributed by atoms with Gasteiger partial charge in [0.1, 0.15) is 5.82 Å². The number of morpholine rings is 1. The molecule has 1 aliphatic heterocycles. The van der Waals surface area contributed by atoms with Gasteiger partial charge in [-0.15, -0.1) is 0 Å². The van der Waals surface area contributed by atoms with Gasteiger partial charge in [-0.25, -0.2) is 17.8 Å². The number of aromatic nitrogens is 1. The molecule has 7 nitrogen and oxygen atoms in total. The molecule has 2 aromatic carbocycles. The number of halogens is 2. The van der Waals surface area contributed by atoms with Crippen molar-refractivity contribution in [3.05, 3.63) is 52.8 Å². The van der Waals surface area contributed by atoms with E-state index in [0.29, 0.717) is 36.5 Å². The highest BCUT2D eigenvalue weighted by Crippen LogP contribution is 2.30. The summed E-state index contributed by atoms with van der Waals surface area (Å²) in [6, 6.07) is 8.53. The predicted molar refractivity (Wildman–Crippen MR) is 109 cm³/mol. The Balaban J connectivity index is 1.61. The molecule has 1 aliphatic rings. The number of nitrogens with one attached hydrogen (secondary N) is 1. The summed E-state index contributed by atoms with van der Waals surface area (Å²) in [4.78, 5) is 16.8. The monoisotopic (exact) mass is 455 g/mol. The number of ether oxygens (including phenoxy) is 1. The molecule has 0 saturated carbocycles. The van der Waals surface area contributed by atoms with Crippen molar-refractivity contribution < 1.29 is 22.3 Å². The summed E-state index contributed by atoms with van der Waals surface area (Å²) in [5, 5.41) is 2.72. The van der Waals surface area contributed by atoms with Crippen molar-refractivity contribution in [2.24, 2.45) is 0 Å². The average Bonchev–Trinajstić information content (AvgIpc) is 3.10. The van der Waals surface area contributed by atoms with Crippen LogP contribution < -0.4 is 5.32 Å². The van der Waals surface area contributed by atoms with Crippen LogP contribution in [0, 0.1) is 5.82 Å². The van der Waals surface area contributed by atoms with Gasteiger partial charge in [-0.1, -0.05) is 29.0 Å². The summed E-state index contributed by atoms with van der Waals surface area (Å²) < 4.78 is 46.7. The number of thiazole rings is 1. The van der Waals surface area contributed by atoms with E-state index in [1.54, 1.807) is 6.07 Å². The van der Waals surface area contributed by atoms with Crippen molar-refractivity contribution in [2.45, 2.75) is 4.90 Å². The zero-order valence-corrected chi connectivity index (χ0v) is 17.3. The summed E-state index contributed by atoms with van der Waals surface area (Å²) in [5.74, 6) is -1.47. The molecule has 0 bridgehead atoms. The van der Waals surface area contributed by atoms with Crippen LogP contribution in [-0.4, -0.2) is 49.9 Å². The molecular weight excluding hydrogens is 441 g/mol. The van der Waals surface area contributed by atoms with E-state index >= 15 is 0 Å². The van der Waals surface area contributed by atoms with Gasteiger partial charge in [-0.3, -0.25) is 10.1 Å². The zero-order valence-electron chi connectivity index (χ0n) is 14.9. The predicted octanol–water partition coefficient (Wildman–Crippen LogP) is 3.36. The van der Waals surface area contributed by atoms with Crippen molar-refractivity contribution >= 4 is 54.2 Å². The molecule has 1 fully saturated rings. The Morgan fingerprint density at radius 2 is 2.00 bits per heavy atom. The Labute approximate surface area is 175 Å². The van der Waals surface area contributed by atoms with Gasteiger partial charge >= 0.3 is 0 Å². The molecule has 0 aliphatic carbocycles. The molecular formula is C18H15ClFN3O4S2. The van der Waals surface area contributed by atoms with Gasteiger partial charge in [0.25, 0.3) is 5.91 Å². The van der Waals surface area contributed by atoms with Gasteiger partial charge in [0, 0.05) is 13.1 Å². The van der Waals surface area contributed by atoms with E-state index in [1.165, 1.54) is 28.6 Å². The molecule has 1 N–H and O–H groups in total. The lowest BCUT2D eigenvalue weighted by molar-refractivity contribution is 0.0730. The lowest BCUT2D eigenvalue weighted by atomic mass is 10.2. The molecule has 0 atom stereocenters. The van der Waals surface area contributed by atoms with E-state index < -0.39 is 21.7 Å². The number of carbonyl (C=O) groups is 1. The van der Waals surface area contributed by atoms with E-state index in [4.69, 9.17) is 16.3 Å². The van der Waals surface area contributed by atoms with Crippen LogP contribution in [0.25, 0.3) is 10.2 Å². The molecule has 4 rings (SSSR count). The van der Waals surface area contributed by atoms with Gasteiger partial charge in [-0.2, -0.15) is 4.31 Å². The van der Waals surface area contributed by atoms with Gasteiger partial charge in [0.05, 0.1) is 38.9 Å². The Morgan fingerprint density at radius 1 is 1.24 bits per heavy atom. The molecule has 29 heavy (non-hydrogen) atoms. The Bertz CT molecular complexity index is 1170. The normalized spacial score (nSPS) is 15.5. The third kappa shape index (κ3) is 3.99. The van der Waals surface area contributed by atoms with Crippen molar-refractivity contribution in [1.82, 2.24) is 9.29 Å². The molecule has 0 radical (unpaired) electrons. The lowest BCUT2D eigenvalue weighted by Gasteiger charge is -2.25. The molecule has 3 aromatic rings. The van der Waals surface area contributed by atoms with Crippen LogP contribution in [0.3, 0.4) is 0 Å². The molecule has 0 spiro atoms. The van der Waals surface area contributed by atoms with Gasteiger partial charge < -0.3 is 4.74 Å². The third-order valence-electron chi connectivity index (χ3n) is 4.38. The number of anilines is 1. The molecule has 11 heteroatoms. The number of rotatable bonds is 4.